The highest BCUT2D eigenvalue weighted by molar-refractivity contribution is 7.09. The van der Waals surface area contributed by atoms with Crippen LogP contribution in [-0.2, 0) is 13.5 Å². The summed E-state index contributed by atoms with van der Waals surface area (Å²) in [6, 6.07) is 16.3. The summed E-state index contributed by atoms with van der Waals surface area (Å²) in [6.45, 7) is 6.29. The molecule has 0 spiro atoms. The minimum Gasteiger partial charge on any atom is -0.336 e. The number of carbonyl (C=O) groups is 1. The Morgan fingerprint density at radius 3 is 2.56 bits per heavy atom. The first kappa shape index (κ1) is 20.8. The lowest BCUT2D eigenvalue weighted by Gasteiger charge is -2.34. The molecule has 4 aromatic rings. The van der Waals surface area contributed by atoms with Crippen LogP contribution in [0.25, 0.3) is 22.3 Å². The maximum atomic E-state index is 13.7. The van der Waals surface area contributed by atoms with Crippen LogP contribution in [0.3, 0.4) is 0 Å². The van der Waals surface area contributed by atoms with Gasteiger partial charge in [-0.15, -0.1) is 11.3 Å². The van der Waals surface area contributed by atoms with E-state index in [4.69, 9.17) is 4.98 Å². The first-order valence-electron chi connectivity index (χ1n) is 11.0. The number of nitrogens with zero attached hydrogens (tertiary/aromatic N) is 5. The van der Waals surface area contributed by atoms with Crippen molar-refractivity contribution in [3.05, 3.63) is 70.0 Å². The Morgan fingerprint density at radius 2 is 1.84 bits per heavy atom. The molecular formula is C25H27N5OS. The predicted molar refractivity (Wildman–Crippen MR) is 129 cm³/mol. The summed E-state index contributed by atoms with van der Waals surface area (Å²) in [4.78, 5) is 24.3. The fourth-order valence-corrected chi connectivity index (χ4v) is 5.14. The molecule has 0 radical (unpaired) electrons. The summed E-state index contributed by atoms with van der Waals surface area (Å²) in [7, 11) is 1.89. The number of amides is 1. The third-order valence-corrected chi connectivity index (χ3v) is 7.12. The van der Waals surface area contributed by atoms with Gasteiger partial charge in [0.25, 0.3) is 5.91 Å². The number of fused-ring (bicyclic) bond motifs is 1. The molecule has 6 nitrogen and oxygen atoms in total. The number of hydrogen-bond donors (Lipinski definition) is 0. The lowest BCUT2D eigenvalue weighted by molar-refractivity contribution is 0.0640. The van der Waals surface area contributed by atoms with Gasteiger partial charge >= 0.3 is 0 Å². The number of thiophene rings is 1. The van der Waals surface area contributed by atoms with E-state index in [2.05, 4.69) is 27.5 Å². The minimum absolute atomic E-state index is 0.0728. The Labute approximate surface area is 192 Å². The summed E-state index contributed by atoms with van der Waals surface area (Å²) < 4.78 is 1.77. The van der Waals surface area contributed by atoms with E-state index in [0.717, 1.165) is 67.1 Å². The third kappa shape index (κ3) is 4.06. The fourth-order valence-electron chi connectivity index (χ4n) is 4.44. The molecule has 0 aliphatic carbocycles. The molecule has 164 valence electrons. The number of rotatable bonds is 5. The molecule has 0 bridgehead atoms. The van der Waals surface area contributed by atoms with Crippen LogP contribution < -0.4 is 0 Å². The first-order chi connectivity index (χ1) is 15.6. The molecule has 1 amide bonds. The molecule has 5 rings (SSSR count). The Bertz CT molecular complexity index is 1220. The molecule has 4 heterocycles. The van der Waals surface area contributed by atoms with Crippen molar-refractivity contribution < 1.29 is 4.79 Å². The van der Waals surface area contributed by atoms with Gasteiger partial charge in [-0.05, 0) is 30.9 Å². The van der Waals surface area contributed by atoms with Crippen LogP contribution in [0.5, 0.6) is 0 Å². The zero-order valence-electron chi connectivity index (χ0n) is 18.5. The number of aromatic nitrogens is 3. The molecule has 0 unspecified atom stereocenters. The molecule has 1 aromatic carbocycles. The van der Waals surface area contributed by atoms with E-state index in [1.165, 1.54) is 4.88 Å². The van der Waals surface area contributed by atoms with Crippen molar-refractivity contribution in [2.45, 2.75) is 13.3 Å². The first-order valence-corrected chi connectivity index (χ1v) is 11.9. The highest BCUT2D eigenvalue weighted by atomic mass is 32.1. The maximum Gasteiger partial charge on any atom is 0.254 e. The number of carbonyl (C=O) groups excluding carboxylic acids is 1. The number of aryl methyl sites for hydroxylation is 2. The van der Waals surface area contributed by atoms with Crippen molar-refractivity contribution in [3.8, 4) is 11.3 Å². The van der Waals surface area contributed by atoms with Crippen LogP contribution in [0.1, 0.15) is 20.9 Å². The molecule has 7 heteroatoms. The average molecular weight is 446 g/mol. The summed E-state index contributed by atoms with van der Waals surface area (Å²) in [5, 5.41) is 7.54. The van der Waals surface area contributed by atoms with Gasteiger partial charge in [0.1, 0.15) is 0 Å². The second kappa shape index (κ2) is 8.84. The van der Waals surface area contributed by atoms with Crippen LogP contribution in [0, 0.1) is 6.92 Å². The van der Waals surface area contributed by atoms with Crippen LogP contribution in [-0.4, -0.2) is 63.2 Å². The molecule has 1 aliphatic rings. The topological polar surface area (TPSA) is 54.3 Å². The number of benzene rings is 1. The van der Waals surface area contributed by atoms with Gasteiger partial charge in [-0.25, -0.2) is 4.98 Å². The Balaban J connectivity index is 1.38. The number of hydrogen-bond acceptors (Lipinski definition) is 5. The molecule has 32 heavy (non-hydrogen) atoms. The highest BCUT2D eigenvalue weighted by Crippen LogP contribution is 2.28. The quantitative estimate of drug-likeness (QED) is 0.466. The van der Waals surface area contributed by atoms with Gasteiger partial charge in [0.05, 0.1) is 22.3 Å². The zero-order chi connectivity index (χ0) is 22.1. The molecule has 0 N–H and O–H groups in total. The highest BCUT2D eigenvalue weighted by Gasteiger charge is 2.26. The fraction of sp³-hybridized carbons (Fsp3) is 0.320. The largest absolute Gasteiger partial charge is 0.336 e. The van der Waals surface area contributed by atoms with Crippen molar-refractivity contribution >= 4 is 28.3 Å². The van der Waals surface area contributed by atoms with Crippen LogP contribution in [0.2, 0.25) is 0 Å². The van der Waals surface area contributed by atoms with Crippen molar-refractivity contribution in [2.75, 3.05) is 32.7 Å². The van der Waals surface area contributed by atoms with Crippen molar-refractivity contribution in [3.63, 3.8) is 0 Å². The Hall–Kier alpha value is -3.03. The zero-order valence-corrected chi connectivity index (χ0v) is 19.3. The van der Waals surface area contributed by atoms with Gasteiger partial charge in [0.15, 0.2) is 5.65 Å². The van der Waals surface area contributed by atoms with E-state index in [9.17, 15) is 4.79 Å². The van der Waals surface area contributed by atoms with E-state index >= 15 is 0 Å². The standard InChI is InChI=1S/C25H27N5OS/c1-18-23-21(17-22(19-7-4-3-5-8-19)26-24(23)28(2)27-18)25(31)30-14-12-29(13-15-30)11-10-20-9-6-16-32-20/h3-9,16-17H,10-15H2,1-2H3. The summed E-state index contributed by atoms with van der Waals surface area (Å²) in [5.74, 6) is 0.0728. The molecule has 3 aromatic heterocycles. The van der Waals surface area contributed by atoms with Gasteiger partial charge in [-0.3, -0.25) is 14.4 Å². The van der Waals surface area contributed by atoms with E-state index in [1.807, 2.05) is 66.6 Å². The van der Waals surface area contributed by atoms with Crippen LogP contribution in [0.4, 0.5) is 0 Å². The molecule has 1 saturated heterocycles. The normalized spacial score (nSPS) is 14.9. The number of pyridine rings is 1. The van der Waals surface area contributed by atoms with Gasteiger partial charge < -0.3 is 4.90 Å². The van der Waals surface area contributed by atoms with Crippen LogP contribution in [0.15, 0.2) is 53.9 Å². The van der Waals surface area contributed by atoms with Crippen molar-refractivity contribution in [1.82, 2.24) is 24.6 Å². The SMILES string of the molecule is Cc1nn(C)c2nc(-c3ccccc3)cc(C(=O)N3CCN(CCc4cccs4)CC3)c12. The van der Waals surface area contributed by atoms with Gasteiger partial charge in [0.2, 0.25) is 0 Å². The van der Waals surface area contributed by atoms with Gasteiger partial charge in [0, 0.05) is 50.2 Å². The molecule has 1 fully saturated rings. The summed E-state index contributed by atoms with van der Waals surface area (Å²) >= 11 is 1.81. The van der Waals surface area contributed by atoms with Gasteiger partial charge in [-0.2, -0.15) is 5.10 Å². The molecule has 1 aliphatic heterocycles. The van der Waals surface area contributed by atoms with E-state index in [0.29, 0.717) is 5.56 Å². The van der Waals surface area contributed by atoms with E-state index in [-0.39, 0.29) is 5.91 Å². The molecule has 0 saturated carbocycles. The lowest BCUT2D eigenvalue weighted by Crippen LogP contribution is -2.49. The third-order valence-electron chi connectivity index (χ3n) is 6.18. The van der Waals surface area contributed by atoms with Crippen molar-refractivity contribution in [2.24, 2.45) is 7.05 Å². The smallest absolute Gasteiger partial charge is 0.254 e. The maximum absolute atomic E-state index is 13.7. The Morgan fingerprint density at radius 1 is 1.06 bits per heavy atom. The molecule has 0 atom stereocenters. The summed E-state index contributed by atoms with van der Waals surface area (Å²) in [5.41, 5.74) is 4.10. The van der Waals surface area contributed by atoms with Crippen LogP contribution >= 0.6 is 11.3 Å². The lowest BCUT2D eigenvalue weighted by atomic mass is 10.0. The second-order valence-corrected chi connectivity index (χ2v) is 9.32. The predicted octanol–water partition coefficient (Wildman–Crippen LogP) is 4.01. The Kier molecular flexibility index (Phi) is 5.76. The van der Waals surface area contributed by atoms with E-state index in [1.54, 1.807) is 4.68 Å². The summed E-state index contributed by atoms with van der Waals surface area (Å²) in [6.07, 6.45) is 1.08. The second-order valence-electron chi connectivity index (χ2n) is 8.29. The average Bonchev–Trinajstić information content (AvgIpc) is 3.45. The molecular weight excluding hydrogens is 418 g/mol. The monoisotopic (exact) mass is 445 g/mol. The number of piperazine rings is 1. The van der Waals surface area contributed by atoms with E-state index < -0.39 is 0 Å². The minimum atomic E-state index is 0.0728. The van der Waals surface area contributed by atoms with Gasteiger partial charge in [-0.1, -0.05) is 36.4 Å². The van der Waals surface area contributed by atoms with Crippen molar-refractivity contribution in [1.29, 1.82) is 0 Å².